The van der Waals surface area contributed by atoms with Crippen molar-refractivity contribution >= 4 is 27.7 Å². The van der Waals surface area contributed by atoms with Crippen molar-refractivity contribution in [2.75, 3.05) is 25.0 Å². The molecule has 0 spiro atoms. The van der Waals surface area contributed by atoms with Gasteiger partial charge in [-0.25, -0.2) is 15.9 Å². The Kier molecular flexibility index (Phi) is 9.97. The summed E-state index contributed by atoms with van der Waals surface area (Å²) in [5.74, 6) is 6.60. The Morgan fingerprint density at radius 2 is 1.62 bits per heavy atom. The molecule has 216 valence electrons. The normalized spacial score (nSPS) is 15.1. The summed E-state index contributed by atoms with van der Waals surface area (Å²) >= 11 is 3.41. The molecule has 1 aliphatic carbocycles. The number of hydrazone groups is 1. The van der Waals surface area contributed by atoms with E-state index < -0.39 is 30.0 Å². The van der Waals surface area contributed by atoms with Gasteiger partial charge in [-0.1, -0.05) is 12.8 Å². The van der Waals surface area contributed by atoms with E-state index in [0.717, 1.165) is 24.5 Å². The molecule has 3 rings (SSSR count). The second kappa shape index (κ2) is 12.6. The molecule has 0 unspecified atom stereocenters. The maximum Gasteiger partial charge on any atom is 0.416 e. The van der Waals surface area contributed by atoms with E-state index in [1.807, 2.05) is 6.92 Å². The minimum absolute atomic E-state index is 0.00368. The van der Waals surface area contributed by atoms with Crippen LogP contribution in [-0.4, -0.2) is 41.1 Å². The summed E-state index contributed by atoms with van der Waals surface area (Å²) in [5, 5.41) is 4.86. The third-order valence-electron chi connectivity index (χ3n) is 6.51. The van der Waals surface area contributed by atoms with Crippen molar-refractivity contribution < 1.29 is 26.3 Å². The Bertz CT molecular complexity index is 1110. The number of halogens is 7. The number of benzene rings is 1. The van der Waals surface area contributed by atoms with E-state index in [1.54, 1.807) is 12.3 Å². The summed E-state index contributed by atoms with van der Waals surface area (Å²) in [6.07, 6.45) is -3.71. The van der Waals surface area contributed by atoms with E-state index in [4.69, 9.17) is 11.6 Å². The third kappa shape index (κ3) is 8.62. The number of guanidine groups is 1. The molecule has 1 saturated carbocycles. The average molecular weight is 624 g/mol. The fraction of sp³-hybridized carbons (Fsp3) is 0.520. The van der Waals surface area contributed by atoms with Crippen LogP contribution in [0.1, 0.15) is 54.9 Å². The Labute approximate surface area is 231 Å². The van der Waals surface area contributed by atoms with Crippen molar-refractivity contribution in [2.45, 2.75) is 58.0 Å². The summed E-state index contributed by atoms with van der Waals surface area (Å²) in [4.78, 5) is 8.10. The van der Waals surface area contributed by atoms with Crippen LogP contribution in [0, 0.1) is 5.92 Å². The molecule has 4 N–H and O–H groups in total. The summed E-state index contributed by atoms with van der Waals surface area (Å²) in [7, 11) is 1.39. The van der Waals surface area contributed by atoms with Crippen molar-refractivity contribution in [2.24, 2.45) is 22.6 Å². The fourth-order valence-electron chi connectivity index (χ4n) is 4.72. The van der Waals surface area contributed by atoms with Gasteiger partial charge in [0.15, 0.2) is 0 Å². The lowest BCUT2D eigenvalue weighted by Crippen LogP contribution is -2.40. The van der Waals surface area contributed by atoms with Crippen molar-refractivity contribution in [1.29, 1.82) is 0 Å². The number of nitrogens with two attached hydrogens (primary N) is 2. The molecule has 1 fully saturated rings. The molecule has 1 heterocycles. The first-order chi connectivity index (χ1) is 18.2. The van der Waals surface area contributed by atoms with Crippen molar-refractivity contribution in [3.8, 4) is 0 Å². The lowest BCUT2D eigenvalue weighted by molar-refractivity contribution is -0.143. The summed E-state index contributed by atoms with van der Waals surface area (Å²) in [6.45, 7) is 3.06. The molecule has 39 heavy (non-hydrogen) atoms. The number of hydrogen-bond donors (Lipinski definition) is 2. The number of hydrogen-bond acceptors (Lipinski definition) is 5. The first-order valence-electron chi connectivity index (χ1n) is 12.4. The van der Waals surface area contributed by atoms with Crippen molar-refractivity contribution in [3.05, 3.63) is 57.2 Å². The molecule has 0 saturated heterocycles. The zero-order valence-corrected chi connectivity index (χ0v) is 23.2. The molecule has 0 bridgehead atoms. The van der Waals surface area contributed by atoms with Gasteiger partial charge in [0.2, 0.25) is 5.96 Å². The van der Waals surface area contributed by atoms with Crippen LogP contribution in [0.4, 0.5) is 32.2 Å². The predicted octanol–water partition coefficient (Wildman–Crippen LogP) is 5.94. The monoisotopic (exact) mass is 623 g/mol. The largest absolute Gasteiger partial charge is 0.416 e. The lowest BCUT2D eigenvalue weighted by Gasteiger charge is -2.30. The van der Waals surface area contributed by atoms with Crippen LogP contribution in [0.2, 0.25) is 0 Å². The van der Waals surface area contributed by atoms with Gasteiger partial charge in [0.25, 0.3) is 0 Å². The van der Waals surface area contributed by atoms with Gasteiger partial charge < -0.3 is 15.5 Å². The second-order valence-electron chi connectivity index (χ2n) is 9.63. The van der Waals surface area contributed by atoms with Gasteiger partial charge in [0, 0.05) is 49.5 Å². The van der Waals surface area contributed by atoms with Crippen molar-refractivity contribution in [3.63, 3.8) is 0 Å². The molecule has 2 aromatic rings. The average Bonchev–Trinajstić information content (AvgIpc) is 3.34. The molecular formula is C25H32BrF6N7. The zero-order chi connectivity index (χ0) is 29.0. The zero-order valence-electron chi connectivity index (χ0n) is 21.7. The molecule has 1 aromatic carbocycles. The van der Waals surface area contributed by atoms with Gasteiger partial charge in [-0.2, -0.15) is 26.3 Å². The smallest absolute Gasteiger partial charge is 0.368 e. The molecule has 7 nitrogen and oxygen atoms in total. The molecule has 14 heteroatoms. The second-order valence-corrected chi connectivity index (χ2v) is 10.5. The van der Waals surface area contributed by atoms with Crippen molar-refractivity contribution in [1.82, 2.24) is 15.0 Å². The molecule has 0 atom stereocenters. The number of pyridine rings is 1. The molecule has 1 aliphatic rings. The number of nitrogens with zero attached hydrogens (tertiary/aromatic N) is 5. The number of hydrazine groups is 1. The van der Waals surface area contributed by atoms with E-state index in [-0.39, 0.29) is 24.1 Å². The van der Waals surface area contributed by atoms with E-state index >= 15 is 0 Å². The maximum atomic E-state index is 13.5. The van der Waals surface area contributed by atoms with Crippen LogP contribution in [-0.2, 0) is 25.4 Å². The minimum Gasteiger partial charge on any atom is -0.368 e. The van der Waals surface area contributed by atoms with Gasteiger partial charge in [0.1, 0.15) is 5.82 Å². The minimum atomic E-state index is -4.97. The number of aromatic nitrogens is 1. The lowest BCUT2D eigenvalue weighted by atomic mass is 10.0. The van der Waals surface area contributed by atoms with Crippen LogP contribution in [0.3, 0.4) is 0 Å². The Morgan fingerprint density at radius 1 is 1.03 bits per heavy atom. The van der Waals surface area contributed by atoms with Gasteiger partial charge in [-0.05, 0) is 71.4 Å². The van der Waals surface area contributed by atoms with Crippen LogP contribution in [0.15, 0.2) is 40.0 Å². The Balaban J connectivity index is 2.03. The van der Waals surface area contributed by atoms with E-state index in [9.17, 15) is 26.3 Å². The highest BCUT2D eigenvalue weighted by molar-refractivity contribution is 9.10. The molecule has 0 amide bonds. The third-order valence-corrected chi connectivity index (χ3v) is 6.94. The summed E-state index contributed by atoms with van der Waals surface area (Å²) in [5.41, 5.74) is 3.78. The number of anilines is 1. The van der Waals surface area contributed by atoms with E-state index in [1.165, 1.54) is 24.8 Å². The fourth-order valence-corrected chi connectivity index (χ4v) is 5.10. The van der Waals surface area contributed by atoms with E-state index in [0.29, 0.717) is 40.4 Å². The quantitative estimate of drug-likeness (QED) is 0.118. The van der Waals surface area contributed by atoms with Crippen LogP contribution in [0.25, 0.3) is 0 Å². The van der Waals surface area contributed by atoms with E-state index in [2.05, 4.69) is 30.9 Å². The maximum absolute atomic E-state index is 13.5. The van der Waals surface area contributed by atoms with Crippen LogP contribution >= 0.6 is 15.9 Å². The van der Waals surface area contributed by atoms with Crippen LogP contribution < -0.4 is 16.5 Å². The van der Waals surface area contributed by atoms with Crippen LogP contribution in [0.5, 0.6) is 0 Å². The standard InChI is InChI=1S/C25H32BrF6N7/c1-3-38(13-16-6-4-5-7-16)22-18(10-21(26)12-35-22)15-39(23(33)36-37(2)34)14-17-8-19(24(27,28)29)11-20(9-17)25(30,31)32/h8-12,16H,3-7,13-15,34H2,1-2H3,(H2,33,36). The highest BCUT2D eigenvalue weighted by Gasteiger charge is 2.37. The SMILES string of the molecule is CCN(CC1CCCC1)c1ncc(Br)cc1CN(Cc1cc(C(F)(F)F)cc(C(F)(F)F)c1)/C(N)=N/N(C)N. The highest BCUT2D eigenvalue weighted by Crippen LogP contribution is 2.37. The van der Waals surface area contributed by atoms with Gasteiger partial charge in [-0.3, -0.25) is 0 Å². The highest BCUT2D eigenvalue weighted by atomic mass is 79.9. The Morgan fingerprint density at radius 3 is 2.13 bits per heavy atom. The first-order valence-corrected chi connectivity index (χ1v) is 13.2. The number of rotatable bonds is 9. The van der Waals surface area contributed by atoms with Gasteiger partial charge in [0.05, 0.1) is 11.1 Å². The molecule has 0 radical (unpaired) electrons. The molecular weight excluding hydrogens is 592 g/mol. The summed E-state index contributed by atoms with van der Waals surface area (Å²) < 4.78 is 81.5. The van der Waals surface area contributed by atoms with Gasteiger partial charge >= 0.3 is 12.4 Å². The predicted molar refractivity (Wildman–Crippen MR) is 141 cm³/mol. The summed E-state index contributed by atoms with van der Waals surface area (Å²) in [6, 6.07) is 3.26. The van der Waals surface area contributed by atoms with Gasteiger partial charge in [-0.15, -0.1) is 5.10 Å². The first kappa shape index (κ1) is 30.8. The number of alkyl halides is 6. The Hall–Kier alpha value is -2.74. The molecule has 1 aromatic heterocycles. The molecule has 0 aliphatic heterocycles. The topological polar surface area (TPSA) is 87.0 Å².